The number of amides is 1. The molecule has 2 aromatic carbocycles. The maximum absolute atomic E-state index is 12.5. The molecule has 0 fully saturated rings. The van der Waals surface area contributed by atoms with Crippen LogP contribution in [0.25, 0.3) is 0 Å². The van der Waals surface area contributed by atoms with Gasteiger partial charge in [-0.1, -0.05) is 48.0 Å². The Morgan fingerprint density at radius 3 is 2.43 bits per heavy atom. The Kier molecular flexibility index (Phi) is 6.69. The molecule has 0 spiro atoms. The van der Waals surface area contributed by atoms with Crippen molar-refractivity contribution < 1.29 is 4.79 Å². The molecule has 0 saturated heterocycles. The number of carbonyl (C=O) groups is 1. The van der Waals surface area contributed by atoms with Gasteiger partial charge >= 0.3 is 0 Å². The van der Waals surface area contributed by atoms with Crippen LogP contribution < -0.4 is 10.6 Å². The minimum absolute atomic E-state index is 0.219. The number of benzene rings is 2. The standard InChI is InChI=1S/C23H30N4O/c1-17-10-11-19(18(2)13-17)14-26-23(24-3)25-12-6-9-22(28)27-15-20-7-4-5-8-21(20)16-27/h4-5,7-8,10-11,13H,6,9,12,14-16H2,1-3H3,(H2,24,25,26). The van der Waals surface area contributed by atoms with Gasteiger partial charge < -0.3 is 15.5 Å². The molecule has 28 heavy (non-hydrogen) atoms. The van der Waals surface area contributed by atoms with Crippen LogP contribution in [0.4, 0.5) is 0 Å². The van der Waals surface area contributed by atoms with Crippen molar-refractivity contribution in [3.63, 3.8) is 0 Å². The summed E-state index contributed by atoms with van der Waals surface area (Å²) in [7, 11) is 1.77. The maximum atomic E-state index is 12.5. The minimum Gasteiger partial charge on any atom is -0.356 e. The fraction of sp³-hybridized carbons (Fsp3) is 0.391. The van der Waals surface area contributed by atoms with Gasteiger partial charge in [0, 0.05) is 39.6 Å². The van der Waals surface area contributed by atoms with E-state index < -0.39 is 0 Å². The molecule has 5 nitrogen and oxygen atoms in total. The summed E-state index contributed by atoms with van der Waals surface area (Å²) >= 11 is 0. The zero-order valence-electron chi connectivity index (χ0n) is 17.1. The van der Waals surface area contributed by atoms with E-state index >= 15 is 0 Å². The lowest BCUT2D eigenvalue weighted by molar-refractivity contribution is -0.131. The molecule has 0 atom stereocenters. The lowest BCUT2D eigenvalue weighted by Crippen LogP contribution is -2.37. The summed E-state index contributed by atoms with van der Waals surface area (Å²) in [4.78, 5) is 18.7. The first-order chi connectivity index (χ1) is 13.6. The lowest BCUT2D eigenvalue weighted by atomic mass is 10.1. The Balaban J connectivity index is 1.37. The lowest BCUT2D eigenvalue weighted by Gasteiger charge is -2.16. The second-order valence-electron chi connectivity index (χ2n) is 7.40. The van der Waals surface area contributed by atoms with Gasteiger partial charge in [-0.25, -0.2) is 0 Å². The van der Waals surface area contributed by atoms with Gasteiger partial charge in [0.1, 0.15) is 0 Å². The molecule has 0 saturated carbocycles. The Morgan fingerprint density at radius 1 is 1.07 bits per heavy atom. The number of nitrogens with one attached hydrogen (secondary N) is 2. The Morgan fingerprint density at radius 2 is 1.79 bits per heavy atom. The van der Waals surface area contributed by atoms with E-state index in [1.54, 1.807) is 7.05 Å². The van der Waals surface area contributed by atoms with Crippen LogP contribution in [0.3, 0.4) is 0 Å². The first-order valence-electron chi connectivity index (χ1n) is 9.92. The van der Waals surface area contributed by atoms with Crippen LogP contribution in [-0.2, 0) is 24.4 Å². The molecule has 5 heteroatoms. The van der Waals surface area contributed by atoms with Crippen LogP contribution in [0.2, 0.25) is 0 Å². The third-order valence-electron chi connectivity index (χ3n) is 5.22. The highest BCUT2D eigenvalue weighted by molar-refractivity contribution is 5.80. The summed E-state index contributed by atoms with van der Waals surface area (Å²) in [6.45, 7) is 7.16. The zero-order chi connectivity index (χ0) is 19.9. The molecule has 2 aromatic rings. The molecule has 0 bridgehead atoms. The molecule has 0 radical (unpaired) electrons. The molecule has 1 amide bonds. The molecule has 0 aliphatic carbocycles. The number of nitrogens with zero attached hydrogens (tertiary/aromatic N) is 2. The van der Waals surface area contributed by atoms with Gasteiger partial charge in [-0.15, -0.1) is 0 Å². The van der Waals surface area contributed by atoms with Crippen LogP contribution in [0.5, 0.6) is 0 Å². The Bertz CT molecular complexity index is 834. The number of hydrogen-bond donors (Lipinski definition) is 2. The van der Waals surface area contributed by atoms with Crippen molar-refractivity contribution in [1.82, 2.24) is 15.5 Å². The van der Waals surface area contributed by atoms with Crippen molar-refractivity contribution in [2.24, 2.45) is 4.99 Å². The van der Waals surface area contributed by atoms with E-state index in [1.165, 1.54) is 27.8 Å². The van der Waals surface area contributed by atoms with Crippen molar-refractivity contribution in [2.75, 3.05) is 13.6 Å². The van der Waals surface area contributed by atoms with Crippen LogP contribution >= 0.6 is 0 Å². The third kappa shape index (κ3) is 5.12. The van der Waals surface area contributed by atoms with E-state index in [4.69, 9.17) is 0 Å². The summed E-state index contributed by atoms with van der Waals surface area (Å²) < 4.78 is 0. The number of fused-ring (bicyclic) bond motifs is 1. The number of aryl methyl sites for hydroxylation is 2. The average Bonchev–Trinajstić information content (AvgIpc) is 3.13. The van der Waals surface area contributed by atoms with Crippen molar-refractivity contribution >= 4 is 11.9 Å². The number of aliphatic imine (C=N–C) groups is 1. The fourth-order valence-corrected chi connectivity index (χ4v) is 3.56. The van der Waals surface area contributed by atoms with E-state index in [9.17, 15) is 4.79 Å². The van der Waals surface area contributed by atoms with Crippen LogP contribution in [-0.4, -0.2) is 30.4 Å². The molecule has 148 valence electrons. The van der Waals surface area contributed by atoms with Gasteiger partial charge in [-0.3, -0.25) is 9.79 Å². The van der Waals surface area contributed by atoms with E-state index in [2.05, 4.69) is 59.8 Å². The largest absolute Gasteiger partial charge is 0.356 e. The normalized spacial score (nSPS) is 13.4. The minimum atomic E-state index is 0.219. The molecule has 3 rings (SSSR count). The molecular weight excluding hydrogens is 348 g/mol. The molecule has 1 heterocycles. The summed E-state index contributed by atoms with van der Waals surface area (Å²) in [6.07, 6.45) is 1.34. The van der Waals surface area contributed by atoms with Crippen LogP contribution in [0, 0.1) is 13.8 Å². The molecule has 1 aliphatic rings. The van der Waals surface area contributed by atoms with Gasteiger partial charge in [0.05, 0.1) is 0 Å². The van der Waals surface area contributed by atoms with Crippen LogP contribution in [0.15, 0.2) is 47.5 Å². The van der Waals surface area contributed by atoms with Gasteiger partial charge in [-0.2, -0.15) is 0 Å². The number of hydrogen-bond acceptors (Lipinski definition) is 2. The number of carbonyl (C=O) groups excluding carboxylic acids is 1. The monoisotopic (exact) mass is 378 g/mol. The first kappa shape index (κ1) is 19.9. The summed E-state index contributed by atoms with van der Waals surface area (Å²) in [5.41, 5.74) is 6.35. The zero-order valence-corrected chi connectivity index (χ0v) is 17.1. The Labute approximate surface area is 167 Å². The van der Waals surface area contributed by atoms with E-state index in [1.807, 2.05) is 17.0 Å². The highest BCUT2D eigenvalue weighted by Gasteiger charge is 2.22. The SMILES string of the molecule is CN=C(NCCCC(=O)N1Cc2ccccc2C1)NCc1ccc(C)cc1C. The van der Waals surface area contributed by atoms with Crippen LogP contribution in [0.1, 0.15) is 40.7 Å². The van der Waals surface area contributed by atoms with E-state index in [-0.39, 0.29) is 5.91 Å². The summed E-state index contributed by atoms with van der Waals surface area (Å²) in [6, 6.07) is 14.8. The van der Waals surface area contributed by atoms with Gasteiger partial charge in [0.25, 0.3) is 0 Å². The fourth-order valence-electron chi connectivity index (χ4n) is 3.56. The van der Waals surface area contributed by atoms with Crippen molar-refractivity contribution in [2.45, 2.75) is 46.3 Å². The molecule has 0 aromatic heterocycles. The van der Waals surface area contributed by atoms with Gasteiger partial charge in [-0.05, 0) is 42.5 Å². The molecule has 0 unspecified atom stereocenters. The van der Waals surface area contributed by atoms with E-state index in [0.29, 0.717) is 6.42 Å². The number of guanidine groups is 1. The predicted molar refractivity (Wildman–Crippen MR) is 114 cm³/mol. The predicted octanol–water partition coefficient (Wildman–Crippen LogP) is 3.29. The van der Waals surface area contributed by atoms with Crippen molar-refractivity contribution in [3.05, 3.63) is 70.3 Å². The average molecular weight is 379 g/mol. The maximum Gasteiger partial charge on any atom is 0.223 e. The molecule has 2 N–H and O–H groups in total. The quantitative estimate of drug-likeness (QED) is 0.461. The van der Waals surface area contributed by atoms with Gasteiger partial charge in [0.2, 0.25) is 5.91 Å². The summed E-state index contributed by atoms with van der Waals surface area (Å²) in [5.74, 6) is 0.984. The topological polar surface area (TPSA) is 56.7 Å². The van der Waals surface area contributed by atoms with E-state index in [0.717, 1.165) is 38.6 Å². The molecular formula is C23H30N4O. The third-order valence-corrected chi connectivity index (χ3v) is 5.22. The Hall–Kier alpha value is -2.82. The first-order valence-corrected chi connectivity index (χ1v) is 9.92. The van der Waals surface area contributed by atoms with Gasteiger partial charge in [0.15, 0.2) is 5.96 Å². The smallest absolute Gasteiger partial charge is 0.223 e. The number of rotatable bonds is 6. The second-order valence-corrected chi connectivity index (χ2v) is 7.40. The van der Waals surface area contributed by atoms with Crippen molar-refractivity contribution in [3.8, 4) is 0 Å². The highest BCUT2D eigenvalue weighted by atomic mass is 16.2. The highest BCUT2D eigenvalue weighted by Crippen LogP contribution is 2.22. The van der Waals surface area contributed by atoms with Crippen molar-refractivity contribution in [1.29, 1.82) is 0 Å². The molecule has 1 aliphatic heterocycles. The second kappa shape index (κ2) is 9.40. The summed E-state index contributed by atoms with van der Waals surface area (Å²) in [5, 5.41) is 6.65.